The van der Waals surface area contributed by atoms with Crippen LogP contribution in [0.2, 0.25) is 0 Å². The van der Waals surface area contributed by atoms with Crippen LogP contribution in [0.3, 0.4) is 0 Å². The Kier molecular flexibility index (Phi) is 7.49. The average molecular weight is 564 g/mol. The Morgan fingerprint density at radius 2 is 1.66 bits per heavy atom. The van der Waals surface area contributed by atoms with Crippen LogP contribution < -0.4 is 19.5 Å². The summed E-state index contributed by atoms with van der Waals surface area (Å²) in [4.78, 5) is 18.9. The Bertz CT molecular complexity index is 1570. The van der Waals surface area contributed by atoms with Crippen LogP contribution in [0, 0.1) is 11.6 Å². The van der Waals surface area contributed by atoms with E-state index in [2.05, 4.69) is 5.32 Å². The van der Waals surface area contributed by atoms with Crippen molar-refractivity contribution in [1.82, 2.24) is 14.9 Å². The molecular weight excluding hydrogens is 532 g/mol. The maximum atomic E-state index is 14.7. The van der Waals surface area contributed by atoms with Gasteiger partial charge in [-0.2, -0.15) is 0 Å². The molecule has 1 N–H and O–H groups in total. The molecule has 10 heteroatoms. The van der Waals surface area contributed by atoms with E-state index in [1.807, 2.05) is 6.07 Å². The summed E-state index contributed by atoms with van der Waals surface area (Å²) in [5.41, 5.74) is 1.77. The quantitative estimate of drug-likeness (QED) is 0.291. The molecular formula is C31H31F2N3O5. The lowest BCUT2D eigenvalue weighted by Crippen LogP contribution is -2.41. The molecule has 1 saturated carbocycles. The summed E-state index contributed by atoms with van der Waals surface area (Å²) in [5, 5.41) is 3.22. The fraction of sp³-hybridized carbons (Fsp3) is 0.355. The zero-order valence-electron chi connectivity index (χ0n) is 22.9. The van der Waals surface area contributed by atoms with Gasteiger partial charge in [-0.05, 0) is 48.2 Å². The third-order valence-corrected chi connectivity index (χ3v) is 7.82. The van der Waals surface area contributed by atoms with Crippen LogP contribution in [-0.2, 0) is 9.53 Å². The zero-order valence-corrected chi connectivity index (χ0v) is 22.9. The number of benzene rings is 3. The van der Waals surface area contributed by atoms with Crippen molar-refractivity contribution in [3.8, 4) is 17.2 Å². The zero-order chi connectivity index (χ0) is 28.5. The van der Waals surface area contributed by atoms with Crippen LogP contribution in [0.4, 0.5) is 8.78 Å². The second-order valence-corrected chi connectivity index (χ2v) is 10.3. The van der Waals surface area contributed by atoms with Gasteiger partial charge < -0.3 is 28.8 Å². The summed E-state index contributed by atoms with van der Waals surface area (Å²) in [5.74, 6) is -0.255. The highest BCUT2D eigenvalue weighted by atomic mass is 19.2. The van der Waals surface area contributed by atoms with Crippen molar-refractivity contribution in [1.29, 1.82) is 0 Å². The van der Waals surface area contributed by atoms with Crippen molar-refractivity contribution in [2.45, 2.75) is 50.3 Å². The van der Waals surface area contributed by atoms with Crippen LogP contribution in [0.25, 0.3) is 11.0 Å². The van der Waals surface area contributed by atoms with Crippen molar-refractivity contribution in [2.75, 3.05) is 21.0 Å². The van der Waals surface area contributed by atoms with Crippen LogP contribution in [-0.4, -0.2) is 42.5 Å². The highest BCUT2D eigenvalue weighted by Gasteiger charge is 2.33. The van der Waals surface area contributed by atoms with E-state index in [0.717, 1.165) is 44.2 Å². The number of carbonyl (C=O) groups is 1. The second-order valence-electron chi connectivity index (χ2n) is 10.3. The highest BCUT2D eigenvalue weighted by Crippen LogP contribution is 2.39. The summed E-state index contributed by atoms with van der Waals surface area (Å²) in [6.07, 6.45) is 4.19. The van der Waals surface area contributed by atoms with Gasteiger partial charge in [-0.15, -0.1) is 0 Å². The molecule has 0 saturated heterocycles. The lowest BCUT2D eigenvalue weighted by atomic mass is 9.94. The van der Waals surface area contributed by atoms with Crippen LogP contribution >= 0.6 is 0 Å². The molecule has 2 atom stereocenters. The van der Waals surface area contributed by atoms with Gasteiger partial charge in [0.25, 0.3) is 0 Å². The van der Waals surface area contributed by atoms with E-state index >= 15 is 0 Å². The molecule has 41 heavy (non-hydrogen) atoms. The Labute approximate surface area is 236 Å². The molecule has 1 amide bonds. The van der Waals surface area contributed by atoms with E-state index in [9.17, 15) is 13.6 Å². The van der Waals surface area contributed by atoms with Crippen molar-refractivity contribution < 1.29 is 32.5 Å². The first-order valence-corrected chi connectivity index (χ1v) is 13.7. The smallest absolute Gasteiger partial charge is 0.247 e. The third-order valence-electron chi connectivity index (χ3n) is 7.82. The fourth-order valence-electron chi connectivity index (χ4n) is 5.76. The lowest BCUT2D eigenvalue weighted by molar-refractivity contribution is -0.124. The third kappa shape index (κ3) is 5.19. The SMILES string of the molecule is COc1ccc(C(C(=O)NC2CCCCC2)n2c(C(OC)c3ccc4c(c3)OCO4)nc3cc(F)c(F)cc32)cc1. The largest absolute Gasteiger partial charge is 0.497 e. The monoisotopic (exact) mass is 563 g/mol. The molecule has 0 spiro atoms. The van der Waals surface area contributed by atoms with Crippen LogP contribution in [0.15, 0.2) is 54.6 Å². The number of hydrogen-bond donors (Lipinski definition) is 1. The molecule has 1 fully saturated rings. The van der Waals surface area contributed by atoms with Crippen molar-refractivity contribution in [3.63, 3.8) is 0 Å². The minimum Gasteiger partial charge on any atom is -0.497 e. The molecule has 0 bridgehead atoms. The van der Waals surface area contributed by atoms with Gasteiger partial charge in [0.2, 0.25) is 12.7 Å². The van der Waals surface area contributed by atoms with Gasteiger partial charge in [0.15, 0.2) is 23.1 Å². The first-order valence-electron chi connectivity index (χ1n) is 13.7. The van der Waals surface area contributed by atoms with Crippen LogP contribution in [0.5, 0.6) is 17.2 Å². The van der Waals surface area contributed by atoms with Gasteiger partial charge in [0.1, 0.15) is 23.7 Å². The summed E-state index contributed by atoms with van der Waals surface area (Å²) < 4.78 is 53.1. The van der Waals surface area contributed by atoms with E-state index in [4.69, 9.17) is 23.9 Å². The maximum Gasteiger partial charge on any atom is 0.247 e. The molecule has 6 rings (SSSR count). The van der Waals surface area contributed by atoms with Gasteiger partial charge in [-0.1, -0.05) is 37.5 Å². The molecule has 2 unspecified atom stereocenters. The number of carbonyl (C=O) groups excluding carboxylic acids is 1. The molecule has 1 aliphatic carbocycles. The van der Waals surface area contributed by atoms with Gasteiger partial charge in [0.05, 0.1) is 18.1 Å². The number of nitrogens with one attached hydrogen (secondary N) is 1. The number of aromatic nitrogens is 2. The number of hydrogen-bond acceptors (Lipinski definition) is 6. The Morgan fingerprint density at radius 1 is 0.951 bits per heavy atom. The van der Waals surface area contributed by atoms with E-state index in [-0.39, 0.29) is 29.8 Å². The molecule has 1 aliphatic heterocycles. The molecule has 214 valence electrons. The first kappa shape index (κ1) is 27.0. The molecule has 3 aromatic carbocycles. The predicted octanol–water partition coefficient (Wildman–Crippen LogP) is 5.83. The number of ether oxygens (including phenoxy) is 4. The minimum absolute atomic E-state index is 0.0245. The Hall–Kier alpha value is -4.18. The van der Waals surface area contributed by atoms with Gasteiger partial charge >= 0.3 is 0 Å². The summed E-state index contributed by atoms with van der Waals surface area (Å²) >= 11 is 0. The number of fused-ring (bicyclic) bond motifs is 2. The summed E-state index contributed by atoms with van der Waals surface area (Å²) in [7, 11) is 3.08. The van der Waals surface area contributed by atoms with E-state index in [1.165, 1.54) is 7.11 Å². The molecule has 4 aromatic rings. The number of rotatable bonds is 8. The molecule has 2 heterocycles. The van der Waals surface area contributed by atoms with E-state index in [0.29, 0.717) is 34.2 Å². The van der Waals surface area contributed by atoms with E-state index < -0.39 is 23.8 Å². The minimum atomic E-state index is -1.04. The first-order chi connectivity index (χ1) is 20.0. The van der Waals surface area contributed by atoms with Gasteiger partial charge in [-0.25, -0.2) is 13.8 Å². The number of imidazole rings is 1. The number of halogens is 2. The number of amides is 1. The lowest BCUT2D eigenvalue weighted by Gasteiger charge is -2.28. The van der Waals surface area contributed by atoms with Gasteiger partial charge in [-0.3, -0.25) is 4.79 Å². The molecule has 1 aromatic heterocycles. The number of nitrogens with zero attached hydrogens (tertiary/aromatic N) is 2. The normalized spacial score (nSPS) is 16.5. The second kappa shape index (κ2) is 11.4. The highest BCUT2D eigenvalue weighted by molar-refractivity contribution is 5.87. The fourth-order valence-corrected chi connectivity index (χ4v) is 5.76. The summed E-state index contributed by atoms with van der Waals surface area (Å²) in [6, 6.07) is 13.7. The topological polar surface area (TPSA) is 83.8 Å². The van der Waals surface area contributed by atoms with Gasteiger partial charge in [0, 0.05) is 25.3 Å². The molecule has 0 radical (unpaired) electrons. The molecule has 8 nitrogen and oxygen atoms in total. The Balaban J connectivity index is 1.54. The number of methoxy groups -OCH3 is 2. The standard InChI is InChI=1S/C31H31F2N3O5/c1-38-21-11-8-18(9-12-21)28(31(37)34-20-6-4-3-5-7-20)36-25-16-23(33)22(32)15-24(25)35-30(36)29(39-2)19-10-13-26-27(14-19)41-17-40-26/h8-16,20,28-29H,3-7,17H2,1-2H3,(H,34,37). The summed E-state index contributed by atoms with van der Waals surface area (Å²) in [6.45, 7) is 0.106. The predicted molar refractivity (Wildman–Crippen MR) is 147 cm³/mol. The Morgan fingerprint density at radius 3 is 2.39 bits per heavy atom. The average Bonchev–Trinajstić information content (AvgIpc) is 3.59. The van der Waals surface area contributed by atoms with Crippen molar-refractivity contribution in [3.05, 3.63) is 83.2 Å². The van der Waals surface area contributed by atoms with Crippen molar-refractivity contribution >= 4 is 16.9 Å². The maximum absolute atomic E-state index is 14.7. The van der Waals surface area contributed by atoms with E-state index in [1.54, 1.807) is 48.1 Å². The van der Waals surface area contributed by atoms with Crippen LogP contribution in [0.1, 0.15) is 61.2 Å². The van der Waals surface area contributed by atoms with Crippen molar-refractivity contribution in [2.24, 2.45) is 0 Å². The molecule has 2 aliphatic rings.